The molecule has 0 radical (unpaired) electrons. The molecule has 0 aromatic heterocycles. The monoisotopic (exact) mass is 265 g/mol. The van der Waals surface area contributed by atoms with Crippen molar-refractivity contribution in [1.82, 2.24) is 5.32 Å². The number of esters is 1. The number of nitrogens with one attached hydrogen (secondary N) is 1. The molecule has 0 spiro atoms. The van der Waals surface area contributed by atoms with Crippen molar-refractivity contribution < 1.29 is 14.3 Å². The first-order valence-electron chi connectivity index (χ1n) is 6.44. The van der Waals surface area contributed by atoms with E-state index < -0.39 is 0 Å². The lowest BCUT2D eigenvalue weighted by Crippen LogP contribution is -2.37. The molecule has 1 rings (SSSR count). The predicted molar refractivity (Wildman–Crippen MR) is 75.2 cm³/mol. The van der Waals surface area contributed by atoms with E-state index in [2.05, 4.69) is 26.1 Å². The molecule has 0 amide bonds. The van der Waals surface area contributed by atoms with Crippen molar-refractivity contribution in [3.8, 4) is 5.75 Å². The van der Waals surface area contributed by atoms with E-state index >= 15 is 0 Å². The Labute approximate surface area is 115 Å². The van der Waals surface area contributed by atoms with E-state index in [4.69, 9.17) is 9.47 Å². The van der Waals surface area contributed by atoms with E-state index in [0.717, 1.165) is 11.3 Å². The third-order valence-corrected chi connectivity index (χ3v) is 2.52. The van der Waals surface area contributed by atoms with Crippen molar-refractivity contribution in [2.75, 3.05) is 13.7 Å². The van der Waals surface area contributed by atoms with E-state index in [-0.39, 0.29) is 18.1 Å². The number of carbonyl (C=O) groups is 1. The van der Waals surface area contributed by atoms with Crippen molar-refractivity contribution in [3.63, 3.8) is 0 Å². The highest BCUT2D eigenvalue weighted by Crippen LogP contribution is 2.13. The van der Waals surface area contributed by atoms with E-state index in [9.17, 15) is 4.79 Å². The van der Waals surface area contributed by atoms with Crippen LogP contribution in [-0.4, -0.2) is 25.2 Å². The summed E-state index contributed by atoms with van der Waals surface area (Å²) in [5.74, 6) is 0.572. The van der Waals surface area contributed by atoms with Crippen molar-refractivity contribution >= 4 is 5.97 Å². The van der Waals surface area contributed by atoms with Crippen LogP contribution in [0.5, 0.6) is 5.75 Å². The zero-order valence-electron chi connectivity index (χ0n) is 12.2. The number of carbonyl (C=O) groups excluding carboxylic acids is 1. The Bertz CT molecular complexity index is 410. The third kappa shape index (κ3) is 6.82. The maximum absolute atomic E-state index is 11.6. The summed E-state index contributed by atoms with van der Waals surface area (Å²) in [6.45, 7) is 7.10. The minimum atomic E-state index is -0.195. The Morgan fingerprint density at radius 2 is 2.05 bits per heavy atom. The van der Waals surface area contributed by atoms with Crippen LogP contribution in [0, 0.1) is 0 Å². The van der Waals surface area contributed by atoms with Crippen LogP contribution >= 0.6 is 0 Å². The van der Waals surface area contributed by atoms with Gasteiger partial charge in [-0.15, -0.1) is 0 Å². The molecule has 1 aromatic carbocycles. The molecule has 0 fully saturated rings. The van der Waals surface area contributed by atoms with Gasteiger partial charge in [-0.3, -0.25) is 4.79 Å². The minimum absolute atomic E-state index is 0.0209. The van der Waals surface area contributed by atoms with Gasteiger partial charge in [0.15, 0.2) is 0 Å². The minimum Gasteiger partial charge on any atom is -0.497 e. The zero-order chi connectivity index (χ0) is 14.3. The molecule has 0 heterocycles. The van der Waals surface area contributed by atoms with Crippen LogP contribution in [0.4, 0.5) is 0 Å². The number of methoxy groups -OCH3 is 1. The van der Waals surface area contributed by atoms with Crippen LogP contribution in [0.2, 0.25) is 0 Å². The molecule has 0 saturated heterocycles. The van der Waals surface area contributed by atoms with Crippen LogP contribution < -0.4 is 10.1 Å². The summed E-state index contributed by atoms with van der Waals surface area (Å²) in [5.41, 5.74) is 0.948. The maximum atomic E-state index is 11.6. The standard InChI is InChI=1S/C15H23NO3/c1-15(2,3)16-9-8-14(17)19-11-12-6-5-7-13(10-12)18-4/h5-7,10,16H,8-9,11H2,1-4H3. The Morgan fingerprint density at radius 3 is 2.68 bits per heavy atom. The Kier molecular flexibility index (Phi) is 5.83. The number of rotatable bonds is 6. The summed E-state index contributed by atoms with van der Waals surface area (Å²) >= 11 is 0. The molecule has 4 heteroatoms. The van der Waals surface area contributed by atoms with Gasteiger partial charge in [-0.2, -0.15) is 0 Å². The second-order valence-corrected chi connectivity index (χ2v) is 5.44. The number of ether oxygens (including phenoxy) is 2. The molecule has 4 nitrogen and oxygen atoms in total. The lowest BCUT2D eigenvalue weighted by molar-refractivity contribution is -0.144. The van der Waals surface area contributed by atoms with Gasteiger partial charge in [0.2, 0.25) is 0 Å². The molecule has 106 valence electrons. The highest BCUT2D eigenvalue weighted by Gasteiger charge is 2.10. The SMILES string of the molecule is COc1cccc(COC(=O)CCNC(C)(C)C)c1. The van der Waals surface area contributed by atoms with Gasteiger partial charge in [-0.25, -0.2) is 0 Å². The zero-order valence-corrected chi connectivity index (χ0v) is 12.2. The predicted octanol–water partition coefficient (Wildman–Crippen LogP) is 2.52. The van der Waals surface area contributed by atoms with Crippen LogP contribution in [0.1, 0.15) is 32.8 Å². The van der Waals surface area contributed by atoms with Gasteiger partial charge in [0.05, 0.1) is 13.5 Å². The molecule has 0 saturated carbocycles. The van der Waals surface area contributed by atoms with Crippen LogP contribution in [0.25, 0.3) is 0 Å². The molecule has 19 heavy (non-hydrogen) atoms. The lowest BCUT2D eigenvalue weighted by atomic mass is 10.1. The topological polar surface area (TPSA) is 47.6 Å². The molecule has 1 aromatic rings. The largest absolute Gasteiger partial charge is 0.497 e. The Balaban J connectivity index is 2.29. The van der Waals surface area contributed by atoms with Gasteiger partial charge in [0, 0.05) is 12.1 Å². The first-order valence-corrected chi connectivity index (χ1v) is 6.44. The lowest BCUT2D eigenvalue weighted by Gasteiger charge is -2.19. The maximum Gasteiger partial charge on any atom is 0.307 e. The smallest absolute Gasteiger partial charge is 0.307 e. The van der Waals surface area contributed by atoms with Crippen molar-refractivity contribution in [3.05, 3.63) is 29.8 Å². The highest BCUT2D eigenvalue weighted by molar-refractivity contribution is 5.69. The van der Waals surface area contributed by atoms with Gasteiger partial charge in [-0.1, -0.05) is 12.1 Å². The molecule has 0 aliphatic carbocycles. The molecular formula is C15H23NO3. The second-order valence-electron chi connectivity index (χ2n) is 5.44. The van der Waals surface area contributed by atoms with Gasteiger partial charge >= 0.3 is 5.97 Å². The average molecular weight is 265 g/mol. The van der Waals surface area contributed by atoms with E-state index in [1.54, 1.807) is 7.11 Å². The van der Waals surface area contributed by atoms with Crippen molar-refractivity contribution in [2.45, 2.75) is 39.3 Å². The second kappa shape index (κ2) is 7.14. The van der Waals surface area contributed by atoms with E-state index in [1.807, 2.05) is 24.3 Å². The summed E-state index contributed by atoms with van der Waals surface area (Å²) in [5, 5.41) is 3.25. The molecule has 1 N–H and O–H groups in total. The fourth-order valence-corrected chi connectivity index (χ4v) is 1.54. The van der Waals surface area contributed by atoms with Crippen LogP contribution in [0.15, 0.2) is 24.3 Å². The third-order valence-electron chi connectivity index (χ3n) is 2.52. The van der Waals surface area contributed by atoms with Crippen LogP contribution in [0.3, 0.4) is 0 Å². The van der Waals surface area contributed by atoms with E-state index in [1.165, 1.54) is 0 Å². The normalized spacial score (nSPS) is 11.2. The summed E-state index contributed by atoms with van der Waals surface area (Å²) in [6, 6.07) is 7.51. The highest BCUT2D eigenvalue weighted by atomic mass is 16.5. The first-order chi connectivity index (χ1) is 8.90. The number of hydrogen-bond donors (Lipinski definition) is 1. The fraction of sp³-hybridized carbons (Fsp3) is 0.533. The molecule has 0 aliphatic heterocycles. The summed E-state index contributed by atoms with van der Waals surface area (Å²) < 4.78 is 10.3. The van der Waals surface area contributed by atoms with Gasteiger partial charge in [0.25, 0.3) is 0 Å². The molecule has 0 atom stereocenters. The number of hydrogen-bond acceptors (Lipinski definition) is 4. The molecular weight excluding hydrogens is 242 g/mol. The van der Waals surface area contributed by atoms with Crippen LogP contribution in [-0.2, 0) is 16.1 Å². The molecule has 0 bridgehead atoms. The molecule has 0 aliphatic rings. The summed E-state index contributed by atoms with van der Waals surface area (Å²) in [6.07, 6.45) is 0.376. The fourth-order valence-electron chi connectivity index (χ4n) is 1.54. The quantitative estimate of drug-likeness (QED) is 0.803. The average Bonchev–Trinajstić information content (AvgIpc) is 2.35. The molecule has 0 unspecified atom stereocenters. The number of benzene rings is 1. The summed E-state index contributed by atoms with van der Waals surface area (Å²) in [7, 11) is 1.61. The van der Waals surface area contributed by atoms with Gasteiger partial charge in [-0.05, 0) is 38.5 Å². The van der Waals surface area contributed by atoms with E-state index in [0.29, 0.717) is 13.0 Å². The Morgan fingerprint density at radius 1 is 1.32 bits per heavy atom. The van der Waals surface area contributed by atoms with Crippen molar-refractivity contribution in [1.29, 1.82) is 0 Å². The summed E-state index contributed by atoms with van der Waals surface area (Å²) in [4.78, 5) is 11.6. The van der Waals surface area contributed by atoms with Gasteiger partial charge in [0.1, 0.15) is 12.4 Å². The first kappa shape index (κ1) is 15.5. The van der Waals surface area contributed by atoms with Gasteiger partial charge < -0.3 is 14.8 Å². The Hall–Kier alpha value is -1.55. The van der Waals surface area contributed by atoms with Crippen molar-refractivity contribution in [2.24, 2.45) is 0 Å².